The predicted molar refractivity (Wildman–Crippen MR) is 80.4 cm³/mol. The van der Waals surface area contributed by atoms with Crippen molar-refractivity contribution >= 4 is 6.29 Å². The summed E-state index contributed by atoms with van der Waals surface area (Å²) in [5.41, 5.74) is 1.32. The van der Waals surface area contributed by atoms with Crippen LogP contribution in [0.3, 0.4) is 0 Å². The van der Waals surface area contributed by atoms with Crippen LogP contribution in [0.5, 0.6) is 0 Å². The number of aliphatic hydroxyl groups is 4. The van der Waals surface area contributed by atoms with Crippen molar-refractivity contribution in [3.63, 3.8) is 0 Å². The highest BCUT2D eigenvalue weighted by atomic mass is 16.7. The van der Waals surface area contributed by atoms with Gasteiger partial charge in [0.05, 0.1) is 12.7 Å². The van der Waals surface area contributed by atoms with E-state index in [-0.39, 0.29) is 11.5 Å². The molecule has 0 aromatic carbocycles. The molecule has 7 nitrogen and oxygen atoms in total. The Balaban J connectivity index is 2.10. The highest BCUT2D eigenvalue weighted by molar-refractivity contribution is 5.77. The van der Waals surface area contributed by atoms with Crippen LogP contribution in [0, 0.1) is 5.41 Å². The van der Waals surface area contributed by atoms with Gasteiger partial charge < -0.3 is 29.9 Å². The van der Waals surface area contributed by atoms with Crippen molar-refractivity contribution in [1.29, 1.82) is 0 Å². The Labute approximate surface area is 135 Å². The van der Waals surface area contributed by atoms with E-state index >= 15 is 0 Å². The first-order valence-electron chi connectivity index (χ1n) is 7.82. The van der Waals surface area contributed by atoms with Gasteiger partial charge in [0, 0.05) is 0 Å². The molecule has 1 aliphatic heterocycles. The third-order valence-electron chi connectivity index (χ3n) is 4.75. The number of rotatable bonds is 4. The van der Waals surface area contributed by atoms with Gasteiger partial charge in [-0.2, -0.15) is 0 Å². The molecule has 0 unspecified atom stereocenters. The molecule has 0 saturated carbocycles. The minimum atomic E-state index is -1.45. The zero-order valence-electron chi connectivity index (χ0n) is 13.7. The van der Waals surface area contributed by atoms with Crippen LogP contribution in [0.15, 0.2) is 11.1 Å². The van der Waals surface area contributed by atoms with Crippen molar-refractivity contribution in [3.8, 4) is 0 Å². The van der Waals surface area contributed by atoms with Gasteiger partial charge in [0.2, 0.25) is 0 Å². The van der Waals surface area contributed by atoms with E-state index in [0.717, 1.165) is 17.4 Å². The fraction of sp³-hybridized carbons (Fsp3) is 0.812. The van der Waals surface area contributed by atoms with E-state index in [1.807, 2.05) is 20.8 Å². The van der Waals surface area contributed by atoms with Crippen molar-refractivity contribution in [2.45, 2.75) is 70.4 Å². The first kappa shape index (κ1) is 18.5. The van der Waals surface area contributed by atoms with Gasteiger partial charge in [-0.1, -0.05) is 19.4 Å². The molecular weight excluding hydrogens is 304 g/mol. The summed E-state index contributed by atoms with van der Waals surface area (Å²) in [7, 11) is 0. The van der Waals surface area contributed by atoms with E-state index in [2.05, 4.69) is 0 Å². The van der Waals surface area contributed by atoms with Gasteiger partial charge in [0.25, 0.3) is 0 Å². The molecule has 1 saturated heterocycles. The monoisotopic (exact) mass is 330 g/mol. The zero-order valence-corrected chi connectivity index (χ0v) is 13.7. The summed E-state index contributed by atoms with van der Waals surface area (Å²) in [6, 6.07) is 0. The van der Waals surface area contributed by atoms with Crippen LogP contribution < -0.4 is 0 Å². The summed E-state index contributed by atoms with van der Waals surface area (Å²) in [6.07, 6.45) is -4.73. The Kier molecular flexibility index (Phi) is 5.60. The number of allylic oxidation sites excluding steroid dienone is 1. The minimum Gasteiger partial charge on any atom is -0.394 e. The topological polar surface area (TPSA) is 116 Å². The van der Waals surface area contributed by atoms with E-state index in [4.69, 9.17) is 9.47 Å². The summed E-state index contributed by atoms with van der Waals surface area (Å²) in [5.74, 6) is 0. The molecule has 2 rings (SSSR count). The van der Waals surface area contributed by atoms with Crippen LogP contribution in [-0.4, -0.2) is 70.1 Å². The van der Waals surface area contributed by atoms with Crippen LogP contribution in [0.25, 0.3) is 0 Å². The summed E-state index contributed by atoms with van der Waals surface area (Å²) in [6.45, 7) is 5.27. The Morgan fingerprint density at radius 1 is 1.26 bits per heavy atom. The fourth-order valence-electron chi connectivity index (χ4n) is 3.51. The van der Waals surface area contributed by atoms with Crippen LogP contribution >= 0.6 is 0 Å². The van der Waals surface area contributed by atoms with Crippen molar-refractivity contribution in [2.75, 3.05) is 6.61 Å². The summed E-state index contributed by atoms with van der Waals surface area (Å²) < 4.78 is 11.2. The van der Waals surface area contributed by atoms with E-state index < -0.39 is 37.3 Å². The molecule has 4 N–H and O–H groups in total. The Morgan fingerprint density at radius 3 is 2.43 bits per heavy atom. The minimum absolute atomic E-state index is 0.296. The fourth-order valence-corrected chi connectivity index (χ4v) is 3.51. The molecule has 1 fully saturated rings. The van der Waals surface area contributed by atoms with E-state index in [0.29, 0.717) is 12.8 Å². The maximum atomic E-state index is 11.2. The van der Waals surface area contributed by atoms with Gasteiger partial charge in [-0.3, -0.25) is 4.79 Å². The van der Waals surface area contributed by atoms with Gasteiger partial charge in [-0.05, 0) is 30.8 Å². The molecule has 2 aliphatic rings. The van der Waals surface area contributed by atoms with Gasteiger partial charge in [0.1, 0.15) is 30.7 Å². The number of ether oxygens (including phenoxy) is 2. The van der Waals surface area contributed by atoms with Gasteiger partial charge in [0.15, 0.2) is 6.29 Å². The molecule has 7 heteroatoms. The molecule has 0 aromatic rings. The molecule has 0 amide bonds. The van der Waals surface area contributed by atoms with E-state index in [1.165, 1.54) is 0 Å². The zero-order chi connectivity index (χ0) is 17.4. The molecule has 1 aliphatic carbocycles. The largest absolute Gasteiger partial charge is 0.394 e. The second kappa shape index (κ2) is 6.96. The maximum Gasteiger partial charge on any atom is 0.186 e. The van der Waals surface area contributed by atoms with Crippen molar-refractivity contribution in [2.24, 2.45) is 5.41 Å². The molecule has 1 heterocycles. The molecule has 0 aromatic heterocycles. The van der Waals surface area contributed by atoms with Gasteiger partial charge in [-0.15, -0.1) is 0 Å². The molecule has 0 radical (unpaired) electrons. The highest BCUT2D eigenvalue weighted by Crippen LogP contribution is 2.41. The molecule has 0 spiro atoms. The lowest BCUT2D eigenvalue weighted by molar-refractivity contribution is -0.312. The Hall–Kier alpha value is -0.830. The lowest BCUT2D eigenvalue weighted by Crippen LogP contribution is -2.59. The maximum absolute atomic E-state index is 11.2. The molecule has 23 heavy (non-hydrogen) atoms. The van der Waals surface area contributed by atoms with Crippen molar-refractivity contribution in [1.82, 2.24) is 0 Å². The number of aldehydes is 1. The number of hydrogen-bond acceptors (Lipinski definition) is 7. The third kappa shape index (κ3) is 3.65. The molecule has 6 atom stereocenters. The molecule has 0 bridgehead atoms. The van der Waals surface area contributed by atoms with Crippen LogP contribution in [0.1, 0.15) is 33.6 Å². The van der Waals surface area contributed by atoms with E-state index in [9.17, 15) is 25.2 Å². The SMILES string of the molecule is CC1=C(C=O)C(C)(C)C[C@H](O[C@@H]2O[C@@H](CO)[C@@H](O)[C@H](O)[C@@H]2O)C1. The quantitative estimate of drug-likeness (QED) is 0.514. The predicted octanol–water partition coefficient (Wildman–Crippen LogP) is -0.493. The van der Waals surface area contributed by atoms with Gasteiger partial charge >= 0.3 is 0 Å². The van der Waals surface area contributed by atoms with Crippen LogP contribution in [-0.2, 0) is 14.3 Å². The average molecular weight is 330 g/mol. The summed E-state index contributed by atoms with van der Waals surface area (Å²) in [4.78, 5) is 11.2. The lowest BCUT2D eigenvalue weighted by atomic mass is 9.72. The number of aliphatic hydroxyl groups excluding tert-OH is 4. The second-order valence-electron chi connectivity index (χ2n) is 7.06. The lowest BCUT2D eigenvalue weighted by Gasteiger charge is -2.43. The van der Waals surface area contributed by atoms with Crippen LogP contribution in [0.2, 0.25) is 0 Å². The van der Waals surface area contributed by atoms with Crippen molar-refractivity contribution < 1.29 is 34.7 Å². The van der Waals surface area contributed by atoms with Crippen LogP contribution in [0.4, 0.5) is 0 Å². The number of hydrogen-bond donors (Lipinski definition) is 4. The first-order chi connectivity index (χ1) is 10.7. The average Bonchev–Trinajstić information content (AvgIpc) is 2.46. The standard InChI is InChI=1S/C16H26O7/c1-8-4-9(5-16(2,3)10(8)6-17)22-15-14(21)13(20)12(19)11(7-18)23-15/h6,9,11-15,18-21H,4-5,7H2,1-3H3/t9-,11+,12-,13+,14+,15-/m1/s1. The van der Waals surface area contributed by atoms with Crippen molar-refractivity contribution in [3.05, 3.63) is 11.1 Å². The summed E-state index contributed by atoms with van der Waals surface area (Å²) in [5, 5.41) is 38.8. The number of carbonyl (C=O) groups is 1. The summed E-state index contributed by atoms with van der Waals surface area (Å²) >= 11 is 0. The van der Waals surface area contributed by atoms with E-state index in [1.54, 1.807) is 0 Å². The highest BCUT2D eigenvalue weighted by Gasteiger charge is 2.45. The second-order valence-corrected chi connectivity index (χ2v) is 7.06. The number of carbonyl (C=O) groups excluding carboxylic acids is 1. The Morgan fingerprint density at radius 2 is 1.91 bits per heavy atom. The van der Waals surface area contributed by atoms with Gasteiger partial charge in [-0.25, -0.2) is 0 Å². The smallest absolute Gasteiger partial charge is 0.186 e. The Bertz CT molecular complexity index is 471. The molecule has 132 valence electrons. The molecular formula is C16H26O7. The normalized spacial score (nSPS) is 41.0. The first-order valence-corrected chi connectivity index (χ1v) is 7.82. The third-order valence-corrected chi connectivity index (χ3v) is 4.75.